The zero-order valence-electron chi connectivity index (χ0n) is 9.18. The summed E-state index contributed by atoms with van der Waals surface area (Å²) in [7, 11) is 0. The molecule has 1 N–H and O–H groups in total. The highest BCUT2D eigenvalue weighted by atomic mass is 79.9. The molecule has 0 saturated carbocycles. The normalized spacial score (nSPS) is 13.7. The van der Waals surface area contributed by atoms with Gasteiger partial charge < -0.3 is 9.84 Å². The third kappa shape index (κ3) is 6.04. The van der Waals surface area contributed by atoms with Crippen molar-refractivity contribution in [2.45, 2.75) is 18.7 Å². The fourth-order valence-corrected chi connectivity index (χ4v) is 2.06. The fraction of sp³-hybridized carbons (Fsp3) is 0.455. The Hall–Kier alpha value is -0.300. The van der Waals surface area contributed by atoms with Crippen LogP contribution >= 0.6 is 27.5 Å². The van der Waals surface area contributed by atoms with Gasteiger partial charge >= 0.3 is 6.18 Å². The molecule has 0 aliphatic rings. The van der Waals surface area contributed by atoms with E-state index in [-0.39, 0.29) is 13.0 Å². The molecule has 0 bridgehead atoms. The van der Waals surface area contributed by atoms with Crippen LogP contribution in [-0.4, -0.2) is 30.6 Å². The van der Waals surface area contributed by atoms with Crippen molar-refractivity contribution in [3.05, 3.63) is 33.3 Å². The highest BCUT2D eigenvalue weighted by Gasteiger charge is 2.27. The molecule has 7 heteroatoms. The van der Waals surface area contributed by atoms with Gasteiger partial charge in [0, 0.05) is 15.9 Å². The van der Waals surface area contributed by atoms with Crippen molar-refractivity contribution in [3.63, 3.8) is 0 Å². The van der Waals surface area contributed by atoms with Gasteiger partial charge in [-0.2, -0.15) is 13.2 Å². The van der Waals surface area contributed by atoms with Crippen LogP contribution in [0.4, 0.5) is 13.2 Å². The maximum atomic E-state index is 11.8. The molecule has 0 saturated heterocycles. The van der Waals surface area contributed by atoms with Gasteiger partial charge in [-0.25, -0.2) is 0 Å². The van der Waals surface area contributed by atoms with Crippen LogP contribution in [0.5, 0.6) is 0 Å². The molecule has 0 heterocycles. The lowest BCUT2D eigenvalue weighted by Gasteiger charge is -2.13. The summed E-state index contributed by atoms with van der Waals surface area (Å²) in [6, 6.07) is 5.09. The van der Waals surface area contributed by atoms with Gasteiger partial charge in [0.15, 0.2) is 0 Å². The number of hydrogen-bond acceptors (Lipinski definition) is 2. The predicted octanol–water partition coefficient (Wildman–Crippen LogP) is 3.58. The number of rotatable bonds is 5. The summed E-state index contributed by atoms with van der Waals surface area (Å²) >= 11 is 9.15. The minimum atomic E-state index is -4.38. The molecule has 0 aliphatic carbocycles. The van der Waals surface area contributed by atoms with Crippen molar-refractivity contribution in [1.82, 2.24) is 0 Å². The summed E-state index contributed by atoms with van der Waals surface area (Å²) in [6.45, 7) is -1.75. The Kier molecular flexibility index (Phi) is 5.91. The van der Waals surface area contributed by atoms with Crippen molar-refractivity contribution in [3.8, 4) is 0 Å². The minimum Gasteiger partial charge on any atom is -0.390 e. The first-order chi connectivity index (χ1) is 8.28. The molecule has 0 aromatic heterocycles. The molecule has 1 unspecified atom stereocenters. The Bertz CT molecular complexity index is 398. The van der Waals surface area contributed by atoms with Gasteiger partial charge in [0.05, 0.1) is 12.7 Å². The van der Waals surface area contributed by atoms with Crippen molar-refractivity contribution in [2.75, 3.05) is 13.2 Å². The topological polar surface area (TPSA) is 29.5 Å². The number of hydrogen-bond donors (Lipinski definition) is 1. The maximum Gasteiger partial charge on any atom is 0.411 e. The largest absolute Gasteiger partial charge is 0.411 e. The molecular formula is C11H11BrClF3O2. The Labute approximate surface area is 116 Å². The van der Waals surface area contributed by atoms with Gasteiger partial charge in [-0.15, -0.1) is 0 Å². The van der Waals surface area contributed by atoms with E-state index in [1.54, 1.807) is 18.2 Å². The van der Waals surface area contributed by atoms with Crippen LogP contribution in [0.3, 0.4) is 0 Å². The van der Waals surface area contributed by atoms with Crippen LogP contribution in [0.15, 0.2) is 22.7 Å². The number of aliphatic hydroxyl groups is 1. The number of aliphatic hydroxyl groups excluding tert-OH is 1. The molecule has 0 fully saturated rings. The standard InChI is InChI=1S/C11H11BrClF3O2/c12-8-2-1-7(10(13)4-8)3-9(17)5-18-6-11(14,15)16/h1-2,4,9,17H,3,5-6H2. The first kappa shape index (κ1) is 15.8. The monoisotopic (exact) mass is 346 g/mol. The van der Waals surface area contributed by atoms with Gasteiger partial charge in [-0.1, -0.05) is 33.6 Å². The predicted molar refractivity (Wildman–Crippen MR) is 65.7 cm³/mol. The maximum absolute atomic E-state index is 11.8. The molecule has 0 radical (unpaired) electrons. The first-order valence-electron chi connectivity index (χ1n) is 5.04. The molecule has 102 valence electrons. The second-order valence-corrected chi connectivity index (χ2v) is 5.05. The van der Waals surface area contributed by atoms with E-state index < -0.39 is 18.9 Å². The number of ether oxygens (including phenoxy) is 1. The first-order valence-corrected chi connectivity index (χ1v) is 6.21. The van der Waals surface area contributed by atoms with Gasteiger partial charge in [-0.05, 0) is 17.7 Å². The van der Waals surface area contributed by atoms with Gasteiger partial charge in [-0.3, -0.25) is 0 Å². The van der Waals surface area contributed by atoms with Crippen molar-refractivity contribution in [1.29, 1.82) is 0 Å². The van der Waals surface area contributed by atoms with Crippen molar-refractivity contribution >= 4 is 27.5 Å². The van der Waals surface area contributed by atoms with Crippen LogP contribution in [0.1, 0.15) is 5.56 Å². The zero-order valence-corrected chi connectivity index (χ0v) is 11.5. The van der Waals surface area contributed by atoms with E-state index in [0.717, 1.165) is 4.47 Å². The van der Waals surface area contributed by atoms with E-state index in [4.69, 9.17) is 11.6 Å². The Morgan fingerprint density at radius 2 is 2.06 bits per heavy atom. The van der Waals surface area contributed by atoms with E-state index in [1.165, 1.54) is 0 Å². The molecule has 2 nitrogen and oxygen atoms in total. The molecule has 0 aliphatic heterocycles. The summed E-state index contributed by atoms with van der Waals surface area (Å²) in [4.78, 5) is 0. The van der Waals surface area contributed by atoms with Crippen LogP contribution in [0, 0.1) is 0 Å². The summed E-state index contributed by atoms with van der Waals surface area (Å²) in [5.74, 6) is 0. The summed E-state index contributed by atoms with van der Waals surface area (Å²) < 4.78 is 40.6. The van der Waals surface area contributed by atoms with E-state index in [2.05, 4.69) is 20.7 Å². The fourth-order valence-electron chi connectivity index (χ4n) is 1.31. The molecule has 18 heavy (non-hydrogen) atoms. The molecule has 1 aromatic rings. The Morgan fingerprint density at radius 1 is 1.39 bits per heavy atom. The molecular weight excluding hydrogens is 336 g/mol. The molecule has 1 atom stereocenters. The van der Waals surface area contributed by atoms with Gasteiger partial charge in [0.25, 0.3) is 0 Å². The quantitative estimate of drug-likeness (QED) is 0.882. The lowest BCUT2D eigenvalue weighted by atomic mass is 10.1. The number of benzene rings is 1. The summed E-state index contributed by atoms with van der Waals surface area (Å²) in [6.07, 6.45) is -5.26. The van der Waals surface area contributed by atoms with E-state index in [9.17, 15) is 18.3 Å². The van der Waals surface area contributed by atoms with E-state index in [1.807, 2.05) is 0 Å². The van der Waals surface area contributed by atoms with Crippen LogP contribution in [0.2, 0.25) is 5.02 Å². The van der Waals surface area contributed by atoms with Crippen molar-refractivity contribution < 1.29 is 23.0 Å². The van der Waals surface area contributed by atoms with E-state index >= 15 is 0 Å². The van der Waals surface area contributed by atoms with Gasteiger partial charge in [0.1, 0.15) is 6.61 Å². The third-order valence-corrected chi connectivity index (χ3v) is 2.89. The third-order valence-electron chi connectivity index (χ3n) is 2.05. The van der Waals surface area contributed by atoms with Crippen LogP contribution in [-0.2, 0) is 11.2 Å². The second kappa shape index (κ2) is 6.75. The lowest BCUT2D eigenvalue weighted by molar-refractivity contribution is -0.179. The average molecular weight is 348 g/mol. The number of halogens is 5. The minimum absolute atomic E-state index is 0.143. The summed E-state index contributed by atoms with van der Waals surface area (Å²) in [5.41, 5.74) is 0.656. The van der Waals surface area contributed by atoms with Crippen molar-refractivity contribution in [2.24, 2.45) is 0 Å². The van der Waals surface area contributed by atoms with Crippen LogP contribution in [0.25, 0.3) is 0 Å². The highest BCUT2D eigenvalue weighted by molar-refractivity contribution is 9.10. The smallest absolute Gasteiger partial charge is 0.390 e. The number of alkyl halides is 3. The summed E-state index contributed by atoms with van der Waals surface area (Å²) in [5, 5.41) is 9.97. The van der Waals surface area contributed by atoms with Crippen LogP contribution < -0.4 is 0 Å². The Balaban J connectivity index is 2.42. The SMILES string of the molecule is OC(COCC(F)(F)F)Cc1ccc(Br)cc1Cl. The molecule has 1 rings (SSSR count). The molecule has 1 aromatic carbocycles. The Morgan fingerprint density at radius 3 is 2.61 bits per heavy atom. The van der Waals surface area contributed by atoms with Gasteiger partial charge in [0.2, 0.25) is 0 Å². The lowest BCUT2D eigenvalue weighted by Crippen LogP contribution is -2.24. The highest BCUT2D eigenvalue weighted by Crippen LogP contribution is 2.22. The second-order valence-electron chi connectivity index (χ2n) is 3.72. The molecule has 0 amide bonds. The van der Waals surface area contributed by atoms with E-state index in [0.29, 0.717) is 10.6 Å². The average Bonchev–Trinajstić information content (AvgIpc) is 2.20. The zero-order chi connectivity index (χ0) is 13.8. The molecule has 0 spiro atoms.